The molecule has 0 atom stereocenters. The molecule has 0 saturated heterocycles. The quantitative estimate of drug-likeness (QED) is 0.181. The number of aromatic amines is 1. The zero-order valence-corrected chi connectivity index (χ0v) is 25.7. The van der Waals surface area contributed by atoms with Crippen LogP contribution in [0.4, 0.5) is 31.7 Å². The molecule has 8 rings (SSSR count). The molecular formula is C38H29F2N5O2. The molecule has 0 radical (unpaired) electrons. The number of halogens is 2. The van der Waals surface area contributed by atoms with Gasteiger partial charge in [-0.1, -0.05) is 30.3 Å². The van der Waals surface area contributed by atoms with Gasteiger partial charge in [-0.05, 0) is 80.1 Å². The van der Waals surface area contributed by atoms with E-state index >= 15 is 0 Å². The number of para-hydroxylation sites is 2. The summed E-state index contributed by atoms with van der Waals surface area (Å²) in [5.41, 5.74) is 6.12. The molecule has 8 aromatic rings. The number of aryl methyl sites for hydroxylation is 2. The van der Waals surface area contributed by atoms with Crippen molar-refractivity contribution in [3.8, 4) is 0 Å². The summed E-state index contributed by atoms with van der Waals surface area (Å²) in [5.74, 6) is 1.06. The molecule has 0 unspecified atom stereocenters. The lowest BCUT2D eigenvalue weighted by Gasteiger charge is -2.27. The van der Waals surface area contributed by atoms with Gasteiger partial charge in [0.05, 0.1) is 35.5 Å². The molecule has 0 aliphatic heterocycles. The summed E-state index contributed by atoms with van der Waals surface area (Å²) in [4.78, 5) is 16.6. The minimum Gasteiger partial charge on any atom is -0.459 e. The first-order chi connectivity index (χ1) is 22.9. The lowest BCUT2D eigenvalue weighted by molar-refractivity contribution is 0.576. The van der Waals surface area contributed by atoms with Crippen LogP contribution >= 0.6 is 0 Å². The fourth-order valence-electron chi connectivity index (χ4n) is 6.34. The molecule has 7 nitrogen and oxygen atoms in total. The minimum absolute atomic E-state index is 0.264. The van der Waals surface area contributed by atoms with Gasteiger partial charge in [-0.2, -0.15) is 0 Å². The topological polar surface area (TPSA) is 74.3 Å². The molecule has 0 aliphatic rings. The Hall–Kier alpha value is -5.96. The molecule has 0 fully saturated rings. The van der Waals surface area contributed by atoms with E-state index in [9.17, 15) is 8.78 Å². The Morgan fingerprint density at radius 1 is 0.702 bits per heavy atom. The summed E-state index contributed by atoms with van der Waals surface area (Å²) >= 11 is 0. The Labute approximate surface area is 268 Å². The smallest absolute Gasteiger partial charge is 0.158 e. The lowest BCUT2D eigenvalue weighted by Crippen LogP contribution is -2.23. The number of anilines is 4. The third-order valence-corrected chi connectivity index (χ3v) is 8.25. The van der Waals surface area contributed by atoms with E-state index in [2.05, 4.69) is 19.8 Å². The number of pyridine rings is 1. The van der Waals surface area contributed by atoms with E-state index in [0.29, 0.717) is 17.9 Å². The van der Waals surface area contributed by atoms with Crippen LogP contribution < -0.4 is 9.80 Å². The first-order valence-corrected chi connectivity index (χ1v) is 15.2. The Kier molecular flexibility index (Phi) is 6.94. The molecule has 4 aromatic heterocycles. The Balaban J connectivity index is 1.29. The molecule has 9 heteroatoms. The summed E-state index contributed by atoms with van der Waals surface area (Å²) in [6, 6.07) is 29.7. The standard InChI is InChI=1S/C38H29F2N5O2/c1-23-14-26-6-3-10-34(37(26)46-23)45(35-11-4-7-27-15-24(2)47-38(27)35)36-13-12-31-32(43-36)8-5-9-33(31)44(21-30-19-41-22-42-30)20-25-16-28(39)18-29(40)17-25/h3-19,22H,20-21H2,1-2H3,(H,41,42). The van der Waals surface area contributed by atoms with Crippen LogP contribution in [0.2, 0.25) is 0 Å². The normalized spacial score (nSPS) is 11.6. The molecule has 4 heterocycles. The largest absolute Gasteiger partial charge is 0.459 e. The monoisotopic (exact) mass is 625 g/mol. The van der Waals surface area contributed by atoms with Crippen molar-refractivity contribution in [2.75, 3.05) is 9.80 Å². The molecule has 0 aliphatic carbocycles. The zero-order chi connectivity index (χ0) is 32.1. The number of imidazole rings is 1. The summed E-state index contributed by atoms with van der Waals surface area (Å²) in [5, 5.41) is 2.85. The van der Waals surface area contributed by atoms with Crippen molar-refractivity contribution < 1.29 is 17.6 Å². The number of furan rings is 2. The first-order valence-electron chi connectivity index (χ1n) is 15.2. The van der Waals surface area contributed by atoms with Crippen LogP contribution in [0, 0.1) is 25.5 Å². The maximum absolute atomic E-state index is 14.2. The molecule has 1 N–H and O–H groups in total. The van der Waals surface area contributed by atoms with Gasteiger partial charge in [-0.3, -0.25) is 4.90 Å². The molecular weight excluding hydrogens is 596 g/mol. The minimum atomic E-state index is -0.616. The van der Waals surface area contributed by atoms with E-state index in [4.69, 9.17) is 13.8 Å². The molecule has 0 saturated carbocycles. The second kappa shape index (κ2) is 11.4. The number of rotatable bonds is 8. The number of hydrogen-bond donors (Lipinski definition) is 1. The molecule has 232 valence electrons. The third-order valence-electron chi connectivity index (χ3n) is 8.25. The van der Waals surface area contributed by atoms with Crippen LogP contribution in [0.3, 0.4) is 0 Å². The number of aromatic nitrogens is 3. The van der Waals surface area contributed by atoms with Crippen molar-refractivity contribution >= 4 is 55.7 Å². The van der Waals surface area contributed by atoms with Gasteiger partial charge in [-0.25, -0.2) is 18.7 Å². The van der Waals surface area contributed by atoms with E-state index in [1.165, 1.54) is 12.1 Å². The average molecular weight is 626 g/mol. The van der Waals surface area contributed by atoms with Crippen molar-refractivity contribution in [3.05, 3.63) is 144 Å². The molecule has 4 aromatic carbocycles. The number of fused-ring (bicyclic) bond motifs is 3. The maximum Gasteiger partial charge on any atom is 0.158 e. The van der Waals surface area contributed by atoms with E-state index in [1.807, 2.05) is 92.7 Å². The van der Waals surface area contributed by atoms with Crippen molar-refractivity contribution in [2.24, 2.45) is 0 Å². The fraction of sp³-hybridized carbons (Fsp3) is 0.105. The average Bonchev–Trinajstić information content (AvgIpc) is 3.79. The molecule has 0 bridgehead atoms. The highest BCUT2D eigenvalue weighted by Crippen LogP contribution is 2.43. The summed E-state index contributed by atoms with van der Waals surface area (Å²) in [6.07, 6.45) is 3.36. The summed E-state index contributed by atoms with van der Waals surface area (Å²) < 4.78 is 40.9. The SMILES string of the molecule is Cc1cc2cccc(N(c3ccc4c(N(Cc5cc(F)cc(F)c5)Cc5cnc[nH]5)cccc4n3)c3cccc4cc(C)oc34)c2o1. The highest BCUT2D eigenvalue weighted by molar-refractivity contribution is 6.02. The summed E-state index contributed by atoms with van der Waals surface area (Å²) in [7, 11) is 0. The third kappa shape index (κ3) is 5.35. The van der Waals surface area contributed by atoms with Gasteiger partial charge in [0, 0.05) is 40.7 Å². The number of nitrogens with one attached hydrogen (secondary N) is 1. The van der Waals surface area contributed by atoms with Crippen LogP contribution in [-0.4, -0.2) is 15.0 Å². The van der Waals surface area contributed by atoms with E-state index in [-0.39, 0.29) is 6.54 Å². The van der Waals surface area contributed by atoms with Crippen LogP contribution in [-0.2, 0) is 13.1 Å². The van der Waals surface area contributed by atoms with Crippen molar-refractivity contribution in [2.45, 2.75) is 26.9 Å². The molecule has 0 amide bonds. The van der Waals surface area contributed by atoms with Crippen LogP contribution in [0.15, 0.2) is 118 Å². The van der Waals surface area contributed by atoms with Gasteiger partial charge in [0.15, 0.2) is 11.2 Å². The first kappa shape index (κ1) is 28.5. The molecule has 0 spiro atoms. The maximum atomic E-state index is 14.2. The van der Waals surface area contributed by atoms with Crippen LogP contribution in [0.5, 0.6) is 0 Å². The number of H-pyrrole nitrogens is 1. The fourth-order valence-corrected chi connectivity index (χ4v) is 6.34. The van der Waals surface area contributed by atoms with Crippen molar-refractivity contribution in [1.29, 1.82) is 0 Å². The van der Waals surface area contributed by atoms with Crippen molar-refractivity contribution in [1.82, 2.24) is 15.0 Å². The highest BCUT2D eigenvalue weighted by Gasteiger charge is 2.23. The van der Waals surface area contributed by atoms with Gasteiger partial charge >= 0.3 is 0 Å². The van der Waals surface area contributed by atoms with Gasteiger partial charge in [0.2, 0.25) is 0 Å². The molecule has 47 heavy (non-hydrogen) atoms. The summed E-state index contributed by atoms with van der Waals surface area (Å²) in [6.45, 7) is 4.58. The highest BCUT2D eigenvalue weighted by atomic mass is 19.1. The number of nitrogens with zero attached hydrogens (tertiary/aromatic N) is 4. The van der Waals surface area contributed by atoms with Gasteiger partial charge in [0.25, 0.3) is 0 Å². The van der Waals surface area contributed by atoms with Crippen molar-refractivity contribution in [3.63, 3.8) is 0 Å². The van der Waals surface area contributed by atoms with E-state index in [0.717, 1.165) is 73.2 Å². The Morgan fingerprint density at radius 3 is 1.98 bits per heavy atom. The second-order valence-electron chi connectivity index (χ2n) is 11.7. The van der Waals surface area contributed by atoms with Gasteiger partial charge in [0.1, 0.15) is 29.0 Å². The number of benzene rings is 4. The Bertz CT molecular complexity index is 2300. The lowest BCUT2D eigenvalue weighted by atomic mass is 10.1. The number of hydrogen-bond acceptors (Lipinski definition) is 6. The van der Waals surface area contributed by atoms with Gasteiger partial charge < -0.3 is 18.7 Å². The van der Waals surface area contributed by atoms with E-state index in [1.54, 1.807) is 12.5 Å². The van der Waals surface area contributed by atoms with Crippen LogP contribution in [0.25, 0.3) is 32.8 Å². The van der Waals surface area contributed by atoms with E-state index < -0.39 is 11.6 Å². The predicted molar refractivity (Wildman–Crippen MR) is 180 cm³/mol. The second-order valence-corrected chi connectivity index (χ2v) is 11.7. The van der Waals surface area contributed by atoms with Crippen LogP contribution in [0.1, 0.15) is 22.8 Å². The Morgan fingerprint density at radius 2 is 1.34 bits per heavy atom. The zero-order valence-electron chi connectivity index (χ0n) is 25.7. The van der Waals surface area contributed by atoms with Gasteiger partial charge in [-0.15, -0.1) is 0 Å². The predicted octanol–water partition coefficient (Wildman–Crippen LogP) is 10.0.